The standard InChI is InChI=1S/C23H19N3O3S/c1-14-7-9-16(10-8-14)18-12-30-22-21(18)23(29)26(13-24-22)11-20(28)25-19-6-4-3-5-17(19)15(2)27/h3-10,12-13H,11H2,1-2H3,(H,25,28). The Bertz CT molecular complexity index is 1320. The van der Waals surface area contributed by atoms with Gasteiger partial charge in [-0.1, -0.05) is 42.0 Å². The van der Waals surface area contributed by atoms with E-state index in [9.17, 15) is 14.4 Å². The fourth-order valence-electron chi connectivity index (χ4n) is 3.27. The van der Waals surface area contributed by atoms with Crippen molar-refractivity contribution in [2.45, 2.75) is 20.4 Å². The maximum absolute atomic E-state index is 13.1. The van der Waals surface area contributed by atoms with Crippen LogP contribution in [0.2, 0.25) is 0 Å². The minimum absolute atomic E-state index is 0.146. The average molecular weight is 417 g/mol. The summed E-state index contributed by atoms with van der Waals surface area (Å²) in [4.78, 5) is 42.4. The lowest BCUT2D eigenvalue weighted by Crippen LogP contribution is -2.28. The topological polar surface area (TPSA) is 81.1 Å². The Balaban J connectivity index is 1.65. The van der Waals surface area contributed by atoms with Crippen LogP contribution >= 0.6 is 11.3 Å². The third-order valence-corrected chi connectivity index (χ3v) is 5.70. The molecule has 0 aliphatic rings. The molecule has 150 valence electrons. The Labute approximate surface area is 176 Å². The highest BCUT2D eigenvalue weighted by Gasteiger charge is 2.16. The van der Waals surface area contributed by atoms with Crippen molar-refractivity contribution in [3.8, 4) is 11.1 Å². The van der Waals surface area contributed by atoms with Crippen LogP contribution in [-0.2, 0) is 11.3 Å². The molecule has 0 fully saturated rings. The van der Waals surface area contributed by atoms with E-state index in [0.717, 1.165) is 16.7 Å². The van der Waals surface area contributed by atoms with Gasteiger partial charge >= 0.3 is 0 Å². The Morgan fingerprint density at radius 1 is 1.10 bits per heavy atom. The molecule has 0 spiro atoms. The number of hydrogen-bond donors (Lipinski definition) is 1. The van der Waals surface area contributed by atoms with Crippen LogP contribution < -0.4 is 10.9 Å². The number of Topliss-reactive ketones (excluding diaryl/α,β-unsaturated/α-hetero) is 1. The van der Waals surface area contributed by atoms with Gasteiger partial charge < -0.3 is 5.32 Å². The number of para-hydroxylation sites is 1. The number of rotatable bonds is 5. The highest BCUT2D eigenvalue weighted by Crippen LogP contribution is 2.30. The number of nitrogens with zero attached hydrogens (tertiary/aromatic N) is 2. The van der Waals surface area contributed by atoms with Crippen LogP contribution in [0, 0.1) is 6.92 Å². The molecule has 0 aliphatic heterocycles. The van der Waals surface area contributed by atoms with Crippen molar-refractivity contribution in [1.29, 1.82) is 0 Å². The lowest BCUT2D eigenvalue weighted by molar-refractivity contribution is -0.116. The molecular weight excluding hydrogens is 398 g/mol. The second kappa shape index (κ2) is 8.04. The molecule has 2 aromatic heterocycles. The van der Waals surface area contributed by atoms with Crippen molar-refractivity contribution in [3.05, 3.63) is 81.7 Å². The number of anilines is 1. The fraction of sp³-hybridized carbons (Fsp3) is 0.130. The Morgan fingerprint density at radius 3 is 2.57 bits per heavy atom. The van der Waals surface area contributed by atoms with Crippen LogP contribution in [0.5, 0.6) is 0 Å². The van der Waals surface area contributed by atoms with Gasteiger partial charge in [-0.15, -0.1) is 11.3 Å². The van der Waals surface area contributed by atoms with Crippen LogP contribution in [-0.4, -0.2) is 21.2 Å². The molecule has 0 unspecified atom stereocenters. The predicted octanol–water partition coefficient (Wildman–Crippen LogP) is 4.27. The minimum atomic E-state index is -0.404. The van der Waals surface area contributed by atoms with Gasteiger partial charge in [-0.25, -0.2) is 4.98 Å². The van der Waals surface area contributed by atoms with Crippen molar-refractivity contribution in [2.24, 2.45) is 0 Å². The van der Waals surface area contributed by atoms with Crippen LogP contribution in [0.1, 0.15) is 22.8 Å². The number of carbonyl (C=O) groups excluding carboxylic acids is 2. The van der Waals surface area contributed by atoms with Crippen LogP contribution in [0.3, 0.4) is 0 Å². The minimum Gasteiger partial charge on any atom is -0.324 e. The predicted molar refractivity (Wildman–Crippen MR) is 119 cm³/mol. The third-order valence-electron chi connectivity index (χ3n) is 4.82. The summed E-state index contributed by atoms with van der Waals surface area (Å²) in [6, 6.07) is 14.7. The summed E-state index contributed by atoms with van der Waals surface area (Å²) in [6.07, 6.45) is 1.39. The highest BCUT2D eigenvalue weighted by molar-refractivity contribution is 7.17. The molecule has 2 heterocycles. The van der Waals surface area contributed by atoms with Crippen LogP contribution in [0.4, 0.5) is 5.69 Å². The van der Waals surface area contributed by atoms with Gasteiger partial charge in [-0.2, -0.15) is 0 Å². The summed E-state index contributed by atoms with van der Waals surface area (Å²) < 4.78 is 1.29. The number of amides is 1. The molecular formula is C23H19N3O3S. The van der Waals surface area contributed by atoms with Gasteiger partial charge in [0.25, 0.3) is 5.56 Å². The van der Waals surface area contributed by atoms with Crippen LogP contribution in [0.25, 0.3) is 21.3 Å². The zero-order chi connectivity index (χ0) is 21.3. The second-order valence-corrected chi connectivity index (χ2v) is 7.88. The summed E-state index contributed by atoms with van der Waals surface area (Å²) in [6.45, 7) is 3.25. The molecule has 0 aliphatic carbocycles. The Morgan fingerprint density at radius 2 is 1.83 bits per heavy atom. The first-order valence-electron chi connectivity index (χ1n) is 9.37. The number of aryl methyl sites for hydroxylation is 1. The number of hydrogen-bond acceptors (Lipinski definition) is 5. The average Bonchev–Trinajstić information content (AvgIpc) is 3.16. The van der Waals surface area contributed by atoms with Gasteiger partial charge in [0.2, 0.25) is 5.91 Å². The Kier molecular flexibility index (Phi) is 5.29. The van der Waals surface area contributed by atoms with E-state index in [1.54, 1.807) is 24.3 Å². The first-order chi connectivity index (χ1) is 14.4. The monoisotopic (exact) mass is 417 g/mol. The Hall–Kier alpha value is -3.58. The number of aromatic nitrogens is 2. The molecule has 0 saturated heterocycles. The number of carbonyl (C=O) groups is 2. The number of nitrogens with one attached hydrogen (secondary N) is 1. The van der Waals surface area contributed by atoms with E-state index in [2.05, 4.69) is 10.3 Å². The SMILES string of the molecule is CC(=O)c1ccccc1NC(=O)Cn1cnc2scc(-c3ccc(C)cc3)c2c1=O. The fourth-order valence-corrected chi connectivity index (χ4v) is 4.18. The zero-order valence-corrected chi connectivity index (χ0v) is 17.3. The smallest absolute Gasteiger partial charge is 0.263 e. The van der Waals surface area contributed by atoms with Crippen molar-refractivity contribution < 1.29 is 9.59 Å². The van der Waals surface area contributed by atoms with E-state index in [0.29, 0.717) is 21.5 Å². The first-order valence-corrected chi connectivity index (χ1v) is 10.3. The third kappa shape index (κ3) is 3.79. The summed E-state index contributed by atoms with van der Waals surface area (Å²) in [5.41, 5.74) is 3.45. The maximum atomic E-state index is 13.1. The van der Waals surface area contributed by atoms with Crippen molar-refractivity contribution in [1.82, 2.24) is 9.55 Å². The first kappa shape index (κ1) is 19.7. The van der Waals surface area contributed by atoms with Gasteiger partial charge in [-0.3, -0.25) is 19.0 Å². The summed E-state index contributed by atoms with van der Waals surface area (Å²) in [7, 11) is 0. The van der Waals surface area contributed by atoms with E-state index < -0.39 is 5.91 Å². The van der Waals surface area contributed by atoms with E-state index in [1.165, 1.54) is 29.2 Å². The van der Waals surface area contributed by atoms with Crippen molar-refractivity contribution in [3.63, 3.8) is 0 Å². The second-order valence-electron chi connectivity index (χ2n) is 7.02. The molecule has 0 atom stereocenters. The van der Waals surface area contributed by atoms with Crippen molar-refractivity contribution in [2.75, 3.05) is 5.32 Å². The molecule has 1 N–H and O–H groups in total. The molecule has 4 rings (SSSR count). The van der Waals surface area contributed by atoms with Gasteiger partial charge in [-0.05, 0) is 31.5 Å². The highest BCUT2D eigenvalue weighted by atomic mass is 32.1. The van der Waals surface area contributed by atoms with Gasteiger partial charge in [0.15, 0.2) is 5.78 Å². The lowest BCUT2D eigenvalue weighted by atomic mass is 10.1. The van der Waals surface area contributed by atoms with Gasteiger partial charge in [0.1, 0.15) is 11.4 Å². The molecule has 30 heavy (non-hydrogen) atoms. The molecule has 1 amide bonds. The molecule has 6 nitrogen and oxygen atoms in total. The molecule has 7 heteroatoms. The number of ketones is 1. The van der Waals surface area contributed by atoms with Crippen LogP contribution in [0.15, 0.2) is 65.0 Å². The summed E-state index contributed by atoms with van der Waals surface area (Å²) in [5.74, 6) is -0.550. The van der Waals surface area contributed by atoms with Gasteiger partial charge in [0, 0.05) is 16.5 Å². The molecule has 0 saturated carbocycles. The normalized spacial score (nSPS) is 10.9. The maximum Gasteiger partial charge on any atom is 0.263 e. The largest absolute Gasteiger partial charge is 0.324 e. The molecule has 0 radical (unpaired) electrons. The van der Waals surface area contributed by atoms with E-state index in [1.807, 2.05) is 36.6 Å². The number of benzene rings is 2. The molecule has 0 bridgehead atoms. The van der Waals surface area contributed by atoms with Gasteiger partial charge in [0.05, 0.1) is 17.4 Å². The van der Waals surface area contributed by atoms with Crippen molar-refractivity contribution >= 4 is 38.9 Å². The van der Waals surface area contributed by atoms with E-state index >= 15 is 0 Å². The lowest BCUT2D eigenvalue weighted by Gasteiger charge is -2.10. The number of thiophene rings is 1. The van der Waals surface area contributed by atoms with E-state index in [-0.39, 0.29) is 17.9 Å². The van der Waals surface area contributed by atoms with E-state index in [4.69, 9.17) is 0 Å². The quantitative estimate of drug-likeness (QED) is 0.492. The number of fused-ring (bicyclic) bond motifs is 1. The zero-order valence-electron chi connectivity index (χ0n) is 16.5. The summed E-state index contributed by atoms with van der Waals surface area (Å²) >= 11 is 1.40. The molecule has 2 aromatic carbocycles. The summed E-state index contributed by atoms with van der Waals surface area (Å²) in [5, 5.41) is 5.13. The molecule has 4 aromatic rings.